The van der Waals surface area contributed by atoms with Crippen LogP contribution in [0.5, 0.6) is 0 Å². The molecule has 3 nitrogen and oxygen atoms in total. The van der Waals surface area contributed by atoms with E-state index in [4.69, 9.17) is 0 Å². The monoisotopic (exact) mass is 463 g/mol. The average Bonchev–Trinajstić information content (AvgIpc) is 2.87. The highest BCUT2D eigenvalue weighted by Crippen LogP contribution is 2.47. The molecule has 0 N–H and O–H groups in total. The highest BCUT2D eigenvalue weighted by atomic mass is 32.2. The van der Waals surface area contributed by atoms with E-state index in [-0.39, 0.29) is 0 Å². The van der Waals surface area contributed by atoms with Gasteiger partial charge < -0.3 is 14.7 Å². The topological polar surface area (TPSA) is 9.72 Å². The summed E-state index contributed by atoms with van der Waals surface area (Å²) in [7, 11) is 0. The van der Waals surface area contributed by atoms with E-state index in [0.29, 0.717) is 0 Å². The van der Waals surface area contributed by atoms with Gasteiger partial charge in [-0.05, 0) is 62.4 Å². The first-order valence-electron chi connectivity index (χ1n) is 13.4. The van der Waals surface area contributed by atoms with Gasteiger partial charge in [0, 0.05) is 49.1 Å². The third-order valence-corrected chi connectivity index (χ3v) is 8.97. The van der Waals surface area contributed by atoms with E-state index in [0.717, 1.165) is 12.5 Å². The molecule has 2 fully saturated rings. The van der Waals surface area contributed by atoms with Crippen LogP contribution in [-0.2, 0) is 0 Å². The van der Waals surface area contributed by atoms with Gasteiger partial charge in [-0.1, -0.05) is 68.1 Å². The lowest BCUT2D eigenvalue weighted by Crippen LogP contribution is -2.48. The lowest BCUT2D eigenvalue weighted by Gasteiger charge is -2.37. The van der Waals surface area contributed by atoms with Crippen LogP contribution in [0, 0.1) is 5.92 Å². The number of hydrogen-bond donors (Lipinski definition) is 0. The van der Waals surface area contributed by atoms with Crippen molar-refractivity contribution in [3.05, 3.63) is 48.5 Å². The molecule has 0 bridgehead atoms. The Kier molecular flexibility index (Phi) is 8.30. The lowest BCUT2D eigenvalue weighted by molar-refractivity contribution is 0.108. The molecule has 33 heavy (non-hydrogen) atoms. The molecule has 2 aromatic rings. The highest BCUT2D eigenvalue weighted by Gasteiger charge is 2.23. The van der Waals surface area contributed by atoms with Crippen molar-refractivity contribution < 1.29 is 0 Å². The summed E-state index contributed by atoms with van der Waals surface area (Å²) in [5, 5.41) is 0. The van der Waals surface area contributed by atoms with E-state index in [1.54, 1.807) is 0 Å². The first kappa shape index (κ1) is 23.3. The molecule has 0 aromatic heterocycles. The molecule has 3 aliphatic rings. The lowest BCUT2D eigenvalue weighted by atomic mass is 9.89. The molecular formula is C29H41N3S. The van der Waals surface area contributed by atoms with Crippen molar-refractivity contribution in [2.45, 2.75) is 67.6 Å². The Morgan fingerprint density at radius 1 is 0.636 bits per heavy atom. The van der Waals surface area contributed by atoms with Crippen molar-refractivity contribution in [1.29, 1.82) is 0 Å². The first-order chi connectivity index (χ1) is 16.4. The second kappa shape index (κ2) is 11.8. The fourth-order valence-corrected chi connectivity index (χ4v) is 7.01. The van der Waals surface area contributed by atoms with Crippen molar-refractivity contribution in [2.24, 2.45) is 5.92 Å². The number of benzene rings is 2. The Hall–Kier alpha value is -1.49. The van der Waals surface area contributed by atoms with E-state index in [9.17, 15) is 0 Å². The van der Waals surface area contributed by atoms with Crippen LogP contribution in [0.25, 0.3) is 0 Å². The van der Waals surface area contributed by atoms with Crippen molar-refractivity contribution in [3.63, 3.8) is 0 Å². The molecule has 1 aliphatic carbocycles. The van der Waals surface area contributed by atoms with Crippen LogP contribution in [0.4, 0.5) is 11.4 Å². The van der Waals surface area contributed by atoms with Crippen LogP contribution in [0.15, 0.2) is 58.3 Å². The Labute approximate surface area is 205 Å². The minimum absolute atomic E-state index is 0.989. The van der Waals surface area contributed by atoms with Gasteiger partial charge in [-0.25, -0.2) is 0 Å². The molecule has 1 saturated carbocycles. The summed E-state index contributed by atoms with van der Waals surface area (Å²) < 4.78 is 0. The number of para-hydroxylation sites is 2. The van der Waals surface area contributed by atoms with Crippen LogP contribution >= 0.6 is 11.8 Å². The van der Waals surface area contributed by atoms with Crippen LogP contribution < -0.4 is 4.90 Å². The summed E-state index contributed by atoms with van der Waals surface area (Å²) >= 11 is 1.91. The second-order valence-electron chi connectivity index (χ2n) is 10.2. The van der Waals surface area contributed by atoms with E-state index >= 15 is 0 Å². The summed E-state index contributed by atoms with van der Waals surface area (Å²) in [5.74, 6) is 0.989. The van der Waals surface area contributed by atoms with Gasteiger partial charge in [0.1, 0.15) is 0 Å². The van der Waals surface area contributed by atoms with Gasteiger partial charge in [-0.2, -0.15) is 0 Å². The second-order valence-corrected chi connectivity index (χ2v) is 11.3. The van der Waals surface area contributed by atoms with Gasteiger partial charge in [0.15, 0.2) is 0 Å². The fraction of sp³-hybridized carbons (Fsp3) is 0.586. The van der Waals surface area contributed by atoms with E-state index in [1.165, 1.54) is 118 Å². The maximum absolute atomic E-state index is 2.75. The summed E-state index contributed by atoms with van der Waals surface area (Å²) in [5.41, 5.74) is 2.76. The number of unbranched alkanes of at least 4 members (excludes halogenated alkanes) is 3. The van der Waals surface area contributed by atoms with Crippen molar-refractivity contribution in [3.8, 4) is 0 Å². The van der Waals surface area contributed by atoms with Crippen molar-refractivity contribution in [2.75, 3.05) is 50.7 Å². The molecular weight excluding hydrogens is 422 g/mol. The van der Waals surface area contributed by atoms with Gasteiger partial charge in [-0.3, -0.25) is 0 Å². The fourth-order valence-electron chi connectivity index (χ4n) is 5.91. The summed E-state index contributed by atoms with van der Waals surface area (Å²) in [6.07, 6.45) is 12.7. The molecule has 0 amide bonds. The van der Waals surface area contributed by atoms with Gasteiger partial charge in [-0.15, -0.1) is 0 Å². The first-order valence-corrected chi connectivity index (χ1v) is 14.3. The Bertz CT molecular complexity index is 825. The SMILES string of the molecule is c1ccc2c(c1)Sc1ccccc1N2CCCCCCN1CCN(CC2CCCCC2)CC1. The van der Waals surface area contributed by atoms with Crippen LogP contribution in [-0.4, -0.2) is 55.6 Å². The number of piperazine rings is 1. The van der Waals surface area contributed by atoms with Crippen LogP contribution in [0.2, 0.25) is 0 Å². The molecule has 2 heterocycles. The molecule has 2 aromatic carbocycles. The quantitative estimate of drug-likeness (QED) is 0.369. The van der Waals surface area contributed by atoms with E-state index < -0.39 is 0 Å². The molecule has 5 rings (SSSR count). The molecule has 178 valence electrons. The van der Waals surface area contributed by atoms with E-state index in [1.807, 2.05) is 11.8 Å². The van der Waals surface area contributed by atoms with Gasteiger partial charge >= 0.3 is 0 Å². The van der Waals surface area contributed by atoms with Crippen LogP contribution in [0.3, 0.4) is 0 Å². The maximum atomic E-state index is 2.75. The predicted octanol–water partition coefficient (Wildman–Crippen LogP) is 7.05. The van der Waals surface area contributed by atoms with Crippen molar-refractivity contribution >= 4 is 23.1 Å². The number of fused-ring (bicyclic) bond motifs is 2. The molecule has 4 heteroatoms. The smallest absolute Gasteiger partial charge is 0.0552 e. The van der Waals surface area contributed by atoms with Gasteiger partial charge in [0.2, 0.25) is 0 Å². The Morgan fingerprint density at radius 2 is 1.21 bits per heavy atom. The molecule has 2 aliphatic heterocycles. The Morgan fingerprint density at radius 3 is 1.88 bits per heavy atom. The zero-order chi connectivity index (χ0) is 22.3. The largest absolute Gasteiger partial charge is 0.340 e. The number of rotatable bonds is 9. The maximum Gasteiger partial charge on any atom is 0.0552 e. The van der Waals surface area contributed by atoms with Gasteiger partial charge in [0.25, 0.3) is 0 Å². The third kappa shape index (κ3) is 6.15. The van der Waals surface area contributed by atoms with Crippen LogP contribution in [0.1, 0.15) is 57.8 Å². The predicted molar refractivity (Wildman–Crippen MR) is 142 cm³/mol. The standard InChI is InChI=1S/C29H41N3S/c1(10-18-30-20-22-31(23-21-30)24-25-12-4-3-5-13-25)2-11-19-32-26-14-6-8-16-28(26)33-29-17-9-7-15-27(29)32/h6-9,14-17,25H,1-5,10-13,18-24H2. The number of anilines is 2. The zero-order valence-electron chi connectivity index (χ0n) is 20.3. The Balaban J connectivity index is 1.00. The highest BCUT2D eigenvalue weighted by molar-refractivity contribution is 7.99. The summed E-state index contributed by atoms with van der Waals surface area (Å²) in [6.45, 7) is 8.94. The average molecular weight is 464 g/mol. The molecule has 1 saturated heterocycles. The normalized spacial score (nSPS) is 19.9. The van der Waals surface area contributed by atoms with Crippen molar-refractivity contribution in [1.82, 2.24) is 9.80 Å². The molecule has 0 spiro atoms. The number of nitrogens with zero attached hydrogens (tertiary/aromatic N) is 3. The third-order valence-electron chi connectivity index (χ3n) is 7.84. The van der Waals surface area contributed by atoms with Gasteiger partial charge in [0.05, 0.1) is 11.4 Å². The van der Waals surface area contributed by atoms with E-state index in [2.05, 4.69) is 63.2 Å². The summed E-state index contributed by atoms with van der Waals surface area (Å²) in [4.78, 5) is 10.8. The molecule has 0 unspecified atom stereocenters. The minimum Gasteiger partial charge on any atom is -0.340 e. The zero-order valence-corrected chi connectivity index (χ0v) is 21.1. The number of hydrogen-bond acceptors (Lipinski definition) is 4. The minimum atomic E-state index is 0.989. The summed E-state index contributed by atoms with van der Waals surface area (Å²) in [6, 6.07) is 17.8. The molecule has 0 atom stereocenters. The molecule has 0 radical (unpaired) electrons.